The second-order valence-corrected chi connectivity index (χ2v) is 10.2. The van der Waals surface area contributed by atoms with Crippen molar-refractivity contribution in [3.8, 4) is 0 Å². The fourth-order valence-electron chi connectivity index (χ4n) is 5.84. The minimum Gasteiger partial charge on any atom is -0.507 e. The van der Waals surface area contributed by atoms with Crippen molar-refractivity contribution in [1.29, 1.82) is 0 Å². The molecule has 38 heavy (non-hydrogen) atoms. The summed E-state index contributed by atoms with van der Waals surface area (Å²) in [6.07, 6.45) is 2.25. The van der Waals surface area contributed by atoms with E-state index in [1.54, 1.807) is 17.0 Å². The van der Waals surface area contributed by atoms with Crippen molar-refractivity contribution in [1.82, 2.24) is 9.80 Å². The molecule has 0 saturated carbocycles. The molecule has 200 valence electrons. The number of morpholine rings is 1. The highest BCUT2D eigenvalue weighted by Crippen LogP contribution is 2.53. The fraction of sp³-hybridized carbons (Fsp3) is 0.433. The molecule has 0 radical (unpaired) electrons. The van der Waals surface area contributed by atoms with Crippen LogP contribution in [0.15, 0.2) is 54.1 Å². The lowest BCUT2D eigenvalue weighted by Gasteiger charge is -2.35. The van der Waals surface area contributed by atoms with Crippen LogP contribution in [0.25, 0.3) is 5.76 Å². The molecule has 1 spiro atoms. The van der Waals surface area contributed by atoms with Gasteiger partial charge in [-0.05, 0) is 25.8 Å². The topological polar surface area (TPSA) is 90.4 Å². The number of carbonyl (C=O) groups is 3. The third kappa shape index (κ3) is 4.22. The average Bonchev–Trinajstić information content (AvgIpc) is 3.31. The van der Waals surface area contributed by atoms with E-state index in [1.807, 2.05) is 43.3 Å². The molecule has 2 fully saturated rings. The highest BCUT2D eigenvalue weighted by Gasteiger charge is 2.66. The third-order valence-electron chi connectivity index (χ3n) is 7.83. The number of likely N-dealkylation sites (tertiary alicyclic amines) is 1. The van der Waals surface area contributed by atoms with E-state index < -0.39 is 17.2 Å². The number of hydrogen-bond acceptors (Lipinski definition) is 6. The van der Waals surface area contributed by atoms with Gasteiger partial charge in [0, 0.05) is 43.9 Å². The highest BCUT2D eigenvalue weighted by atomic mass is 16.5. The summed E-state index contributed by atoms with van der Waals surface area (Å²) in [5.41, 5.74) is 0.806. The Morgan fingerprint density at radius 2 is 1.66 bits per heavy atom. The van der Waals surface area contributed by atoms with Gasteiger partial charge in [-0.25, -0.2) is 0 Å². The molecule has 8 heteroatoms. The number of hydrogen-bond donors (Lipinski definition) is 1. The van der Waals surface area contributed by atoms with E-state index in [0.717, 1.165) is 38.0 Å². The first kappa shape index (κ1) is 26.1. The lowest BCUT2D eigenvalue weighted by Crippen LogP contribution is -2.52. The number of aryl methyl sites for hydroxylation is 1. The number of ketones is 1. The van der Waals surface area contributed by atoms with Crippen LogP contribution >= 0.6 is 0 Å². The normalized spacial score (nSPS) is 23.1. The summed E-state index contributed by atoms with van der Waals surface area (Å²) in [6.45, 7) is 8.34. The molecule has 3 aliphatic rings. The quantitative estimate of drug-likeness (QED) is 0.328. The molecule has 1 N–H and O–H groups in total. The molecule has 5 rings (SSSR count). The number of fused-ring (bicyclic) bond motifs is 2. The number of aliphatic hydroxyl groups excluding tert-OH is 1. The number of rotatable bonds is 8. The summed E-state index contributed by atoms with van der Waals surface area (Å²) in [4.78, 5) is 47.2. The number of ether oxygens (including phenoxy) is 1. The van der Waals surface area contributed by atoms with Gasteiger partial charge in [-0.3, -0.25) is 19.3 Å². The van der Waals surface area contributed by atoms with E-state index in [9.17, 15) is 19.5 Å². The summed E-state index contributed by atoms with van der Waals surface area (Å²) < 4.78 is 5.44. The van der Waals surface area contributed by atoms with Gasteiger partial charge in [0.25, 0.3) is 17.6 Å². The van der Waals surface area contributed by atoms with E-state index in [4.69, 9.17) is 4.74 Å². The molecule has 0 bridgehead atoms. The Morgan fingerprint density at radius 1 is 0.947 bits per heavy atom. The van der Waals surface area contributed by atoms with Gasteiger partial charge in [0.2, 0.25) is 0 Å². The molecule has 8 nitrogen and oxygen atoms in total. The Balaban J connectivity index is 1.64. The van der Waals surface area contributed by atoms with Crippen LogP contribution in [0.4, 0.5) is 5.69 Å². The Hall–Kier alpha value is -3.49. The lowest BCUT2D eigenvalue weighted by molar-refractivity contribution is -0.143. The molecule has 2 amide bonds. The van der Waals surface area contributed by atoms with E-state index in [-0.39, 0.29) is 23.8 Å². The molecule has 3 aliphatic heterocycles. The van der Waals surface area contributed by atoms with Gasteiger partial charge in [-0.2, -0.15) is 0 Å². The average molecular weight is 518 g/mol. The number of para-hydroxylation sites is 1. The van der Waals surface area contributed by atoms with Crippen molar-refractivity contribution >= 4 is 29.0 Å². The van der Waals surface area contributed by atoms with Crippen molar-refractivity contribution in [2.75, 3.05) is 50.8 Å². The minimum absolute atomic E-state index is 0.144. The zero-order valence-electron chi connectivity index (χ0n) is 22.1. The largest absolute Gasteiger partial charge is 0.507 e. The Morgan fingerprint density at radius 3 is 2.37 bits per heavy atom. The van der Waals surface area contributed by atoms with Crippen molar-refractivity contribution in [2.24, 2.45) is 0 Å². The van der Waals surface area contributed by atoms with Crippen LogP contribution < -0.4 is 4.90 Å². The maximum absolute atomic E-state index is 14.5. The number of Topliss-reactive ketones (excluding diaryl/α,β-unsaturated/α-hetero) is 1. The van der Waals surface area contributed by atoms with E-state index in [1.165, 1.54) is 4.90 Å². The lowest BCUT2D eigenvalue weighted by atomic mass is 9.81. The summed E-state index contributed by atoms with van der Waals surface area (Å²) in [6, 6.07) is 14.4. The number of nitrogens with zero attached hydrogens (tertiary/aromatic N) is 3. The first-order valence-corrected chi connectivity index (χ1v) is 13.5. The van der Waals surface area contributed by atoms with Gasteiger partial charge < -0.3 is 19.6 Å². The van der Waals surface area contributed by atoms with Crippen molar-refractivity contribution in [3.05, 3.63) is 70.8 Å². The maximum Gasteiger partial charge on any atom is 0.296 e. The van der Waals surface area contributed by atoms with Crippen molar-refractivity contribution < 1.29 is 24.2 Å². The second-order valence-electron chi connectivity index (χ2n) is 10.2. The van der Waals surface area contributed by atoms with Crippen LogP contribution in [0.1, 0.15) is 42.9 Å². The van der Waals surface area contributed by atoms with E-state index in [0.29, 0.717) is 43.0 Å². The number of unbranched alkanes of at least 4 members (excludes halogenated alkanes) is 1. The Kier molecular flexibility index (Phi) is 7.36. The predicted molar refractivity (Wildman–Crippen MR) is 145 cm³/mol. The van der Waals surface area contributed by atoms with E-state index in [2.05, 4.69) is 11.8 Å². The van der Waals surface area contributed by atoms with Crippen LogP contribution in [0.5, 0.6) is 0 Å². The SMILES string of the molecule is CCCCN1C(=O)C2(/C(=C(\O)c3ccc(C)cc3)C(=O)C(=O)N2CCCN2CCOCC2)c2ccccc21. The molecule has 1 atom stereocenters. The van der Waals surface area contributed by atoms with Crippen LogP contribution in [0.2, 0.25) is 0 Å². The van der Waals surface area contributed by atoms with Crippen molar-refractivity contribution in [2.45, 2.75) is 38.6 Å². The standard InChI is InChI=1S/C30H35N3O5/c1-3-4-15-32-24-9-6-5-8-23(24)30(29(32)37)25(26(34)22-12-10-21(2)11-13-22)27(35)28(36)33(30)16-7-14-31-17-19-38-20-18-31/h5-6,8-13,34H,3-4,7,14-20H2,1-2H3/b26-25-. The van der Waals surface area contributed by atoms with Gasteiger partial charge in [0.05, 0.1) is 24.5 Å². The molecule has 0 aliphatic carbocycles. The molecule has 2 aromatic carbocycles. The molecule has 2 saturated heterocycles. The van der Waals surface area contributed by atoms with Gasteiger partial charge >= 0.3 is 0 Å². The molecule has 2 aromatic rings. The second kappa shape index (κ2) is 10.7. The number of carbonyl (C=O) groups excluding carboxylic acids is 3. The highest BCUT2D eigenvalue weighted by molar-refractivity contribution is 6.50. The first-order valence-electron chi connectivity index (χ1n) is 13.5. The van der Waals surface area contributed by atoms with Crippen LogP contribution in [-0.4, -0.2) is 78.4 Å². The maximum atomic E-state index is 14.5. The molecule has 3 heterocycles. The molecule has 1 unspecified atom stereocenters. The summed E-state index contributed by atoms with van der Waals surface area (Å²) in [7, 11) is 0. The summed E-state index contributed by atoms with van der Waals surface area (Å²) in [5, 5.41) is 11.6. The van der Waals surface area contributed by atoms with Crippen LogP contribution in [-0.2, 0) is 24.7 Å². The fourth-order valence-corrected chi connectivity index (χ4v) is 5.84. The molecular weight excluding hydrogens is 482 g/mol. The number of anilines is 1. The summed E-state index contributed by atoms with van der Waals surface area (Å²) >= 11 is 0. The van der Waals surface area contributed by atoms with Crippen LogP contribution in [0.3, 0.4) is 0 Å². The minimum atomic E-state index is -1.70. The number of amides is 2. The first-order chi connectivity index (χ1) is 18.4. The van der Waals surface area contributed by atoms with E-state index >= 15 is 0 Å². The van der Waals surface area contributed by atoms with Crippen LogP contribution in [0, 0.1) is 6.92 Å². The molecule has 0 aromatic heterocycles. The predicted octanol–water partition coefficient (Wildman–Crippen LogP) is 3.44. The van der Waals surface area contributed by atoms with Gasteiger partial charge in [0.1, 0.15) is 5.76 Å². The van der Waals surface area contributed by atoms with Gasteiger partial charge in [-0.1, -0.05) is 61.4 Å². The zero-order chi connectivity index (χ0) is 26.9. The zero-order valence-corrected chi connectivity index (χ0v) is 22.1. The van der Waals surface area contributed by atoms with Crippen molar-refractivity contribution in [3.63, 3.8) is 0 Å². The smallest absolute Gasteiger partial charge is 0.296 e. The Bertz CT molecular complexity index is 1260. The number of aliphatic hydroxyl groups is 1. The summed E-state index contributed by atoms with van der Waals surface area (Å²) in [5.74, 6) is -2.25. The number of benzene rings is 2. The molecular formula is C30H35N3O5. The van der Waals surface area contributed by atoms with Gasteiger partial charge in [0.15, 0.2) is 5.54 Å². The van der Waals surface area contributed by atoms with Gasteiger partial charge in [-0.15, -0.1) is 0 Å². The monoisotopic (exact) mass is 517 g/mol. The third-order valence-corrected chi connectivity index (χ3v) is 7.83. The Labute approximate surface area is 223 Å².